The van der Waals surface area contributed by atoms with Gasteiger partial charge in [0, 0.05) is 38.6 Å². The second kappa shape index (κ2) is 10.4. The van der Waals surface area contributed by atoms with E-state index in [2.05, 4.69) is 16.0 Å². The van der Waals surface area contributed by atoms with Crippen LogP contribution in [0.25, 0.3) is 0 Å². The molecule has 2 N–H and O–H groups in total. The van der Waals surface area contributed by atoms with E-state index in [9.17, 15) is 0 Å². The molecular formula is C23H27N3O2. The first-order valence-electron chi connectivity index (χ1n) is 9.43. The third-order valence-electron chi connectivity index (χ3n) is 4.47. The first-order chi connectivity index (χ1) is 13.8. The quantitative estimate of drug-likeness (QED) is 0.585. The molecule has 0 aliphatic rings. The second-order valence-electron chi connectivity index (χ2n) is 6.61. The molecule has 5 heteroatoms. The van der Waals surface area contributed by atoms with Crippen molar-refractivity contribution in [3.05, 3.63) is 89.7 Å². The van der Waals surface area contributed by atoms with Gasteiger partial charge in [-0.25, -0.2) is 0 Å². The van der Waals surface area contributed by atoms with Gasteiger partial charge in [0.2, 0.25) is 0 Å². The van der Waals surface area contributed by atoms with Crippen LogP contribution in [0.4, 0.5) is 0 Å². The minimum absolute atomic E-state index is 0.512. The van der Waals surface area contributed by atoms with Crippen molar-refractivity contribution in [3.8, 4) is 11.5 Å². The van der Waals surface area contributed by atoms with E-state index in [1.807, 2.05) is 67.0 Å². The SMILES string of the molecule is COc1cc(CN(CCN)Cc2ccncc2)ccc1OCc1ccccc1. The molecule has 146 valence electrons. The third-order valence-corrected chi connectivity index (χ3v) is 4.47. The fourth-order valence-electron chi connectivity index (χ4n) is 3.07. The number of rotatable bonds is 10. The molecule has 28 heavy (non-hydrogen) atoms. The van der Waals surface area contributed by atoms with Gasteiger partial charge in [0.25, 0.3) is 0 Å². The molecule has 0 unspecified atom stereocenters. The van der Waals surface area contributed by atoms with Crippen LogP contribution < -0.4 is 15.2 Å². The van der Waals surface area contributed by atoms with Crippen molar-refractivity contribution < 1.29 is 9.47 Å². The fraction of sp³-hybridized carbons (Fsp3) is 0.261. The number of hydrogen-bond acceptors (Lipinski definition) is 5. The highest BCUT2D eigenvalue weighted by Gasteiger charge is 2.10. The van der Waals surface area contributed by atoms with Crippen LogP contribution in [0, 0.1) is 0 Å². The molecule has 0 amide bonds. The summed E-state index contributed by atoms with van der Waals surface area (Å²) in [5, 5.41) is 0. The van der Waals surface area contributed by atoms with Crippen molar-refractivity contribution in [2.75, 3.05) is 20.2 Å². The monoisotopic (exact) mass is 377 g/mol. The average Bonchev–Trinajstić information content (AvgIpc) is 2.74. The van der Waals surface area contributed by atoms with Crippen LogP contribution in [0.15, 0.2) is 73.1 Å². The van der Waals surface area contributed by atoms with E-state index in [-0.39, 0.29) is 0 Å². The number of nitrogens with zero attached hydrogens (tertiary/aromatic N) is 2. The van der Waals surface area contributed by atoms with Crippen LogP contribution in [0.1, 0.15) is 16.7 Å². The van der Waals surface area contributed by atoms with Gasteiger partial charge in [0.1, 0.15) is 6.61 Å². The zero-order valence-electron chi connectivity index (χ0n) is 16.3. The Balaban J connectivity index is 1.67. The van der Waals surface area contributed by atoms with Gasteiger partial charge in [-0.3, -0.25) is 9.88 Å². The zero-order chi connectivity index (χ0) is 19.6. The Hall–Kier alpha value is -2.89. The molecule has 2 aromatic carbocycles. The molecule has 1 heterocycles. The van der Waals surface area contributed by atoms with Gasteiger partial charge < -0.3 is 15.2 Å². The average molecular weight is 377 g/mol. The van der Waals surface area contributed by atoms with Gasteiger partial charge in [-0.15, -0.1) is 0 Å². The van der Waals surface area contributed by atoms with Gasteiger partial charge in [-0.1, -0.05) is 36.4 Å². The summed E-state index contributed by atoms with van der Waals surface area (Å²) in [7, 11) is 1.67. The molecule has 1 aromatic heterocycles. The highest BCUT2D eigenvalue weighted by atomic mass is 16.5. The lowest BCUT2D eigenvalue weighted by Gasteiger charge is -2.22. The van der Waals surface area contributed by atoms with Crippen molar-refractivity contribution in [1.82, 2.24) is 9.88 Å². The second-order valence-corrected chi connectivity index (χ2v) is 6.61. The summed E-state index contributed by atoms with van der Waals surface area (Å²) >= 11 is 0. The lowest BCUT2D eigenvalue weighted by Crippen LogP contribution is -2.28. The Morgan fingerprint density at radius 1 is 0.857 bits per heavy atom. The zero-order valence-corrected chi connectivity index (χ0v) is 16.3. The molecular weight excluding hydrogens is 350 g/mol. The van der Waals surface area contributed by atoms with E-state index in [1.54, 1.807) is 7.11 Å². The summed E-state index contributed by atoms with van der Waals surface area (Å²) in [6, 6.07) is 20.3. The predicted octanol–water partition coefficient (Wildman–Crippen LogP) is 3.63. The summed E-state index contributed by atoms with van der Waals surface area (Å²) in [6.45, 7) is 3.55. The van der Waals surface area contributed by atoms with Crippen LogP contribution in [0.3, 0.4) is 0 Å². The molecule has 0 fully saturated rings. The Morgan fingerprint density at radius 2 is 1.61 bits per heavy atom. The van der Waals surface area contributed by atoms with Crippen LogP contribution >= 0.6 is 0 Å². The molecule has 0 aliphatic carbocycles. The first kappa shape index (κ1) is 19.9. The molecule has 0 atom stereocenters. The van der Waals surface area contributed by atoms with Gasteiger partial charge in [-0.2, -0.15) is 0 Å². The van der Waals surface area contributed by atoms with Crippen molar-refractivity contribution in [1.29, 1.82) is 0 Å². The predicted molar refractivity (Wildman–Crippen MR) is 111 cm³/mol. The van der Waals surface area contributed by atoms with E-state index >= 15 is 0 Å². The molecule has 3 aromatic rings. The lowest BCUT2D eigenvalue weighted by molar-refractivity contribution is 0.262. The summed E-state index contributed by atoms with van der Waals surface area (Å²) in [5.74, 6) is 1.49. The molecule has 0 saturated heterocycles. The number of aromatic nitrogens is 1. The van der Waals surface area contributed by atoms with E-state index in [4.69, 9.17) is 15.2 Å². The van der Waals surface area contributed by atoms with E-state index < -0.39 is 0 Å². The Kier molecular flexibility index (Phi) is 7.41. The Bertz CT molecular complexity index is 841. The number of pyridine rings is 1. The highest BCUT2D eigenvalue weighted by molar-refractivity contribution is 5.43. The fourth-order valence-corrected chi connectivity index (χ4v) is 3.07. The van der Waals surface area contributed by atoms with E-state index in [0.717, 1.165) is 42.3 Å². The van der Waals surface area contributed by atoms with Crippen LogP contribution in [0.5, 0.6) is 11.5 Å². The first-order valence-corrected chi connectivity index (χ1v) is 9.43. The molecule has 0 aliphatic heterocycles. The maximum Gasteiger partial charge on any atom is 0.161 e. The van der Waals surface area contributed by atoms with Gasteiger partial charge in [0.15, 0.2) is 11.5 Å². The maximum atomic E-state index is 5.95. The summed E-state index contributed by atoms with van der Waals surface area (Å²) < 4.78 is 11.5. The van der Waals surface area contributed by atoms with Crippen molar-refractivity contribution >= 4 is 0 Å². The van der Waals surface area contributed by atoms with Crippen molar-refractivity contribution in [2.45, 2.75) is 19.7 Å². The highest BCUT2D eigenvalue weighted by Crippen LogP contribution is 2.29. The van der Waals surface area contributed by atoms with Gasteiger partial charge in [-0.05, 0) is 41.0 Å². The number of ether oxygens (including phenoxy) is 2. The number of benzene rings is 2. The Morgan fingerprint density at radius 3 is 2.32 bits per heavy atom. The molecule has 0 spiro atoms. The smallest absolute Gasteiger partial charge is 0.161 e. The molecule has 0 radical (unpaired) electrons. The van der Waals surface area contributed by atoms with E-state index in [1.165, 1.54) is 5.56 Å². The van der Waals surface area contributed by atoms with Crippen LogP contribution in [0.2, 0.25) is 0 Å². The summed E-state index contributed by atoms with van der Waals surface area (Å²) in [6.07, 6.45) is 3.63. The number of hydrogen-bond donors (Lipinski definition) is 1. The summed E-state index contributed by atoms with van der Waals surface area (Å²) in [5.41, 5.74) is 9.32. The lowest BCUT2D eigenvalue weighted by atomic mass is 10.1. The number of methoxy groups -OCH3 is 1. The van der Waals surface area contributed by atoms with Crippen molar-refractivity contribution in [2.24, 2.45) is 5.73 Å². The minimum atomic E-state index is 0.512. The third kappa shape index (κ3) is 5.81. The maximum absolute atomic E-state index is 5.95. The van der Waals surface area contributed by atoms with Gasteiger partial charge in [0.05, 0.1) is 7.11 Å². The molecule has 0 bridgehead atoms. The van der Waals surface area contributed by atoms with Crippen LogP contribution in [-0.4, -0.2) is 30.1 Å². The Labute approximate surface area is 166 Å². The summed E-state index contributed by atoms with van der Waals surface area (Å²) in [4.78, 5) is 6.39. The molecule has 0 saturated carbocycles. The standard InChI is InChI=1S/C23H27N3O2/c1-27-23-15-21(7-8-22(23)28-18-20-5-3-2-4-6-20)17-26(14-11-24)16-19-9-12-25-13-10-19/h2-10,12-13,15H,11,14,16-18,24H2,1H3. The number of nitrogens with two attached hydrogens (primary N) is 1. The molecule has 5 nitrogen and oxygen atoms in total. The van der Waals surface area contributed by atoms with Gasteiger partial charge >= 0.3 is 0 Å². The van der Waals surface area contributed by atoms with Crippen molar-refractivity contribution in [3.63, 3.8) is 0 Å². The topological polar surface area (TPSA) is 60.6 Å². The van der Waals surface area contributed by atoms with E-state index in [0.29, 0.717) is 13.2 Å². The van der Waals surface area contributed by atoms with Crippen LogP contribution in [-0.2, 0) is 19.7 Å². The minimum Gasteiger partial charge on any atom is -0.493 e. The normalized spacial score (nSPS) is 10.8. The molecule has 3 rings (SSSR count). The largest absolute Gasteiger partial charge is 0.493 e.